The van der Waals surface area contributed by atoms with Crippen molar-refractivity contribution >= 4 is 25.2 Å². The Morgan fingerprint density at radius 3 is 2.67 bits per heavy atom. The number of hydrogen-bond acceptors (Lipinski definition) is 4. The minimum absolute atomic E-state index is 0.109. The number of likely N-dealkylation sites (N-methyl/N-ethyl adjacent to an activating group) is 1. The quantitative estimate of drug-likeness (QED) is 0.608. The van der Waals surface area contributed by atoms with Gasteiger partial charge in [0.1, 0.15) is 12.6 Å². The predicted molar refractivity (Wildman–Crippen MR) is 75.3 cm³/mol. The maximum atomic E-state index is 11.0. The molecule has 0 aliphatic rings. The van der Waals surface area contributed by atoms with Crippen LogP contribution >= 0.6 is 12.6 Å². The van der Waals surface area contributed by atoms with Crippen LogP contribution in [0.5, 0.6) is 0 Å². The van der Waals surface area contributed by atoms with E-state index in [0.29, 0.717) is 12.1 Å². The molecule has 0 fully saturated rings. The van der Waals surface area contributed by atoms with Crippen molar-refractivity contribution in [3.05, 3.63) is 29.3 Å². The zero-order valence-corrected chi connectivity index (χ0v) is 11.7. The van der Waals surface area contributed by atoms with E-state index in [9.17, 15) is 9.59 Å². The molecular weight excluding hydrogens is 246 g/mol. The number of benzene rings is 1. The molecule has 1 aromatic rings. The van der Waals surface area contributed by atoms with Crippen LogP contribution in [0.1, 0.15) is 35.7 Å². The van der Waals surface area contributed by atoms with Crippen LogP contribution in [0.4, 0.5) is 0 Å². The highest BCUT2D eigenvalue weighted by molar-refractivity contribution is 7.80. The zero-order valence-electron chi connectivity index (χ0n) is 10.8. The van der Waals surface area contributed by atoms with Gasteiger partial charge >= 0.3 is 0 Å². The van der Waals surface area contributed by atoms with Gasteiger partial charge in [0, 0.05) is 17.0 Å². The lowest BCUT2D eigenvalue weighted by molar-refractivity contribution is -0.112. The Bertz CT molecular complexity index is 420. The van der Waals surface area contributed by atoms with Gasteiger partial charge in [-0.05, 0) is 25.1 Å². The summed E-state index contributed by atoms with van der Waals surface area (Å²) < 4.78 is 0. The highest BCUT2D eigenvalue weighted by Crippen LogP contribution is 2.20. The van der Waals surface area contributed by atoms with Crippen molar-refractivity contribution in [1.29, 1.82) is 0 Å². The topological polar surface area (TPSA) is 37.4 Å². The molecule has 1 unspecified atom stereocenters. The fourth-order valence-corrected chi connectivity index (χ4v) is 2.22. The largest absolute Gasteiger partial charge is 0.302 e. The van der Waals surface area contributed by atoms with E-state index in [-0.39, 0.29) is 6.04 Å². The van der Waals surface area contributed by atoms with Crippen molar-refractivity contribution in [3.63, 3.8) is 0 Å². The van der Waals surface area contributed by atoms with Gasteiger partial charge in [-0.2, -0.15) is 0 Å². The first-order chi connectivity index (χ1) is 8.63. The first-order valence-corrected chi connectivity index (χ1v) is 6.50. The average molecular weight is 265 g/mol. The van der Waals surface area contributed by atoms with Crippen LogP contribution in [0.2, 0.25) is 0 Å². The average Bonchev–Trinajstić information content (AvgIpc) is 2.38. The third-order valence-corrected chi connectivity index (χ3v) is 3.45. The highest BCUT2D eigenvalue weighted by atomic mass is 32.1. The molecular formula is C14H19NO2S. The fraction of sp³-hybridized carbons (Fsp3) is 0.429. The van der Waals surface area contributed by atoms with Crippen molar-refractivity contribution in [2.24, 2.45) is 0 Å². The fourth-order valence-electron chi connectivity index (χ4n) is 1.93. The third kappa shape index (κ3) is 3.68. The van der Waals surface area contributed by atoms with E-state index >= 15 is 0 Å². The first kappa shape index (κ1) is 14.9. The molecule has 0 amide bonds. The van der Waals surface area contributed by atoms with E-state index < -0.39 is 0 Å². The number of aldehydes is 2. The van der Waals surface area contributed by atoms with E-state index in [0.717, 1.165) is 35.9 Å². The molecule has 0 heterocycles. The molecule has 0 saturated heterocycles. The van der Waals surface area contributed by atoms with Gasteiger partial charge in [0.05, 0.1) is 6.04 Å². The molecule has 4 heteroatoms. The maximum absolute atomic E-state index is 11.0. The molecule has 1 aromatic carbocycles. The van der Waals surface area contributed by atoms with Crippen LogP contribution in [0.3, 0.4) is 0 Å². The van der Waals surface area contributed by atoms with E-state index in [4.69, 9.17) is 0 Å². The molecule has 98 valence electrons. The van der Waals surface area contributed by atoms with Gasteiger partial charge in [0.25, 0.3) is 0 Å². The Kier molecular flexibility index (Phi) is 6.09. The van der Waals surface area contributed by atoms with E-state index in [1.807, 2.05) is 24.9 Å². The summed E-state index contributed by atoms with van der Waals surface area (Å²) in [5.74, 6) is 0. The van der Waals surface area contributed by atoms with Crippen LogP contribution in [0.25, 0.3) is 0 Å². The first-order valence-electron chi connectivity index (χ1n) is 6.05. The van der Waals surface area contributed by atoms with Gasteiger partial charge in [-0.25, -0.2) is 0 Å². The Labute approximate surface area is 114 Å². The van der Waals surface area contributed by atoms with Crippen LogP contribution in [-0.4, -0.2) is 30.6 Å². The van der Waals surface area contributed by atoms with Gasteiger partial charge in [-0.15, -0.1) is 12.6 Å². The van der Waals surface area contributed by atoms with Crippen LogP contribution in [0.15, 0.2) is 23.1 Å². The van der Waals surface area contributed by atoms with Crippen molar-refractivity contribution in [1.82, 2.24) is 4.90 Å². The molecule has 1 atom stereocenters. The summed E-state index contributed by atoms with van der Waals surface area (Å²) in [6, 6.07) is 5.32. The minimum Gasteiger partial charge on any atom is -0.302 e. The predicted octanol–water partition coefficient (Wildman–Crippen LogP) is 2.59. The second-order valence-electron chi connectivity index (χ2n) is 4.37. The number of carbonyl (C=O) groups is 2. The third-order valence-electron chi connectivity index (χ3n) is 3.03. The van der Waals surface area contributed by atoms with Crippen molar-refractivity contribution in [2.75, 3.05) is 7.05 Å². The van der Waals surface area contributed by atoms with Crippen LogP contribution in [0, 0.1) is 0 Å². The van der Waals surface area contributed by atoms with Crippen molar-refractivity contribution in [2.45, 2.75) is 37.2 Å². The van der Waals surface area contributed by atoms with E-state index in [1.165, 1.54) is 0 Å². The standard InChI is InChI=1S/C14H19NO2S/c1-3-5-12(10-17)15(2)8-13-11(9-16)6-4-7-14(13)18/h4,6-7,9-10,12,18H,3,5,8H2,1-2H3. The minimum atomic E-state index is -0.109. The zero-order chi connectivity index (χ0) is 13.5. The van der Waals surface area contributed by atoms with Crippen LogP contribution < -0.4 is 0 Å². The summed E-state index contributed by atoms with van der Waals surface area (Å²) in [5, 5.41) is 0. The van der Waals surface area contributed by atoms with Crippen molar-refractivity contribution in [3.8, 4) is 0 Å². The maximum Gasteiger partial charge on any atom is 0.150 e. The summed E-state index contributed by atoms with van der Waals surface area (Å²) in [6.07, 6.45) is 3.58. The summed E-state index contributed by atoms with van der Waals surface area (Å²) in [6.45, 7) is 2.60. The summed E-state index contributed by atoms with van der Waals surface area (Å²) in [4.78, 5) is 24.8. The van der Waals surface area contributed by atoms with Gasteiger partial charge < -0.3 is 4.79 Å². The van der Waals surface area contributed by atoms with Crippen molar-refractivity contribution < 1.29 is 9.59 Å². The summed E-state index contributed by atoms with van der Waals surface area (Å²) in [5.41, 5.74) is 1.51. The molecule has 0 N–H and O–H groups in total. The number of thiol groups is 1. The summed E-state index contributed by atoms with van der Waals surface area (Å²) in [7, 11) is 1.89. The lowest BCUT2D eigenvalue weighted by Gasteiger charge is -2.24. The smallest absolute Gasteiger partial charge is 0.150 e. The molecule has 0 aliphatic carbocycles. The highest BCUT2D eigenvalue weighted by Gasteiger charge is 2.15. The SMILES string of the molecule is CCCC(C=O)N(C)Cc1c(S)cccc1C=O. The lowest BCUT2D eigenvalue weighted by atomic mass is 10.1. The molecule has 0 saturated carbocycles. The van der Waals surface area contributed by atoms with E-state index in [2.05, 4.69) is 12.6 Å². The molecule has 0 radical (unpaired) electrons. The molecule has 18 heavy (non-hydrogen) atoms. The Morgan fingerprint density at radius 1 is 1.39 bits per heavy atom. The molecule has 0 aliphatic heterocycles. The number of rotatable bonds is 7. The molecule has 3 nitrogen and oxygen atoms in total. The van der Waals surface area contributed by atoms with Gasteiger partial charge in [0.15, 0.2) is 0 Å². The van der Waals surface area contributed by atoms with Gasteiger partial charge in [-0.1, -0.05) is 25.5 Å². The lowest BCUT2D eigenvalue weighted by Crippen LogP contribution is -2.32. The number of nitrogens with zero attached hydrogens (tertiary/aromatic N) is 1. The molecule has 0 aromatic heterocycles. The summed E-state index contributed by atoms with van der Waals surface area (Å²) >= 11 is 4.37. The number of hydrogen-bond donors (Lipinski definition) is 1. The molecule has 1 rings (SSSR count). The second kappa shape index (κ2) is 7.34. The monoisotopic (exact) mass is 265 g/mol. The van der Waals surface area contributed by atoms with Gasteiger partial charge in [-0.3, -0.25) is 9.69 Å². The van der Waals surface area contributed by atoms with E-state index in [1.54, 1.807) is 12.1 Å². The normalized spacial score (nSPS) is 12.4. The second-order valence-corrected chi connectivity index (χ2v) is 4.85. The Morgan fingerprint density at radius 2 is 2.11 bits per heavy atom. The number of carbonyl (C=O) groups excluding carboxylic acids is 2. The Hall–Kier alpha value is -1.13. The Balaban J connectivity index is 2.89. The van der Waals surface area contributed by atoms with Crippen LogP contribution in [-0.2, 0) is 11.3 Å². The molecule has 0 spiro atoms. The van der Waals surface area contributed by atoms with Gasteiger partial charge in [0.2, 0.25) is 0 Å². The molecule has 0 bridgehead atoms.